The minimum absolute atomic E-state index is 0.0152. The lowest BCUT2D eigenvalue weighted by atomic mass is 9.83. The minimum Gasteiger partial charge on any atom is -0.457 e. The molecule has 6 heteroatoms. The van der Waals surface area contributed by atoms with E-state index >= 15 is 0 Å². The molecule has 0 radical (unpaired) electrons. The summed E-state index contributed by atoms with van der Waals surface area (Å²) in [5, 5.41) is 2.96. The van der Waals surface area contributed by atoms with Crippen molar-refractivity contribution in [2.75, 3.05) is 13.2 Å². The molecule has 1 aliphatic rings. The number of nitrogens with one attached hydrogen (secondary N) is 1. The fraction of sp³-hybridized carbons (Fsp3) is 0.810. The van der Waals surface area contributed by atoms with Gasteiger partial charge in [0.2, 0.25) is 5.91 Å². The summed E-state index contributed by atoms with van der Waals surface area (Å²) in [4.78, 5) is 23.5. The Labute approximate surface area is 163 Å². The summed E-state index contributed by atoms with van der Waals surface area (Å²) in [5.41, 5.74) is 0. The van der Waals surface area contributed by atoms with Crippen LogP contribution in [0.3, 0.4) is 0 Å². The fourth-order valence-electron chi connectivity index (χ4n) is 3.30. The standard InChI is InChI=1S/C21H35NO5/c1-6-8-9-10-11-12-19(24)22-14-18-15(3)16(4)20(26-17(5)23)21(27-18)25-13-7-2/h2,15-16,18,20-21H,6,8-14H2,1,3-5H3,(H,22,24). The SMILES string of the molecule is C#CCOC1OC(CNC(=O)CCCCCCC)C(C)C(C)C1OC(C)=O. The minimum atomic E-state index is -0.730. The van der Waals surface area contributed by atoms with Gasteiger partial charge in [-0.25, -0.2) is 0 Å². The monoisotopic (exact) mass is 381 g/mol. The molecule has 1 N–H and O–H groups in total. The van der Waals surface area contributed by atoms with Gasteiger partial charge in [0.05, 0.1) is 6.10 Å². The van der Waals surface area contributed by atoms with Crippen LogP contribution in [0.2, 0.25) is 0 Å². The first-order valence-electron chi connectivity index (χ1n) is 10.0. The van der Waals surface area contributed by atoms with E-state index in [4.69, 9.17) is 20.6 Å². The summed E-state index contributed by atoms with van der Waals surface area (Å²) in [6.07, 6.45) is 9.91. The zero-order chi connectivity index (χ0) is 20.2. The van der Waals surface area contributed by atoms with Crippen molar-refractivity contribution in [2.24, 2.45) is 11.8 Å². The van der Waals surface area contributed by atoms with Crippen LogP contribution in [0.15, 0.2) is 0 Å². The van der Waals surface area contributed by atoms with E-state index in [1.807, 2.05) is 13.8 Å². The third-order valence-corrected chi connectivity index (χ3v) is 5.15. The molecule has 1 aliphatic heterocycles. The third-order valence-electron chi connectivity index (χ3n) is 5.15. The summed E-state index contributed by atoms with van der Waals surface area (Å²) >= 11 is 0. The van der Waals surface area contributed by atoms with Crippen molar-refractivity contribution in [3.63, 3.8) is 0 Å². The van der Waals surface area contributed by atoms with Gasteiger partial charge in [0.1, 0.15) is 6.61 Å². The summed E-state index contributed by atoms with van der Waals surface area (Å²) in [5.74, 6) is 2.17. The van der Waals surface area contributed by atoms with Crippen molar-refractivity contribution in [1.29, 1.82) is 0 Å². The number of carbonyl (C=O) groups excluding carboxylic acids is 2. The molecule has 0 spiro atoms. The van der Waals surface area contributed by atoms with Crippen LogP contribution in [0.25, 0.3) is 0 Å². The van der Waals surface area contributed by atoms with Crippen LogP contribution in [0, 0.1) is 24.2 Å². The third kappa shape index (κ3) is 8.32. The second-order valence-corrected chi connectivity index (χ2v) is 7.32. The Morgan fingerprint density at radius 2 is 1.85 bits per heavy atom. The lowest BCUT2D eigenvalue weighted by molar-refractivity contribution is -0.269. The normalized spacial score (nSPS) is 27.6. The van der Waals surface area contributed by atoms with E-state index in [1.165, 1.54) is 26.2 Å². The Hall–Kier alpha value is -1.58. The van der Waals surface area contributed by atoms with Gasteiger partial charge in [0, 0.05) is 25.8 Å². The van der Waals surface area contributed by atoms with Crippen molar-refractivity contribution >= 4 is 11.9 Å². The molecule has 6 nitrogen and oxygen atoms in total. The van der Waals surface area contributed by atoms with Gasteiger partial charge in [-0.05, 0) is 12.3 Å². The van der Waals surface area contributed by atoms with Crippen LogP contribution in [0.1, 0.15) is 66.2 Å². The smallest absolute Gasteiger partial charge is 0.303 e. The molecule has 5 atom stereocenters. The maximum atomic E-state index is 12.1. The lowest BCUT2D eigenvalue weighted by Crippen LogP contribution is -2.54. The Morgan fingerprint density at radius 1 is 1.15 bits per heavy atom. The van der Waals surface area contributed by atoms with Gasteiger partial charge >= 0.3 is 5.97 Å². The molecule has 27 heavy (non-hydrogen) atoms. The van der Waals surface area contributed by atoms with Gasteiger partial charge in [0.15, 0.2) is 12.4 Å². The quantitative estimate of drug-likeness (QED) is 0.338. The largest absolute Gasteiger partial charge is 0.457 e. The Balaban J connectivity index is 2.53. The maximum absolute atomic E-state index is 12.1. The number of unbranched alkanes of at least 4 members (excludes halogenated alkanes) is 4. The highest BCUT2D eigenvalue weighted by molar-refractivity contribution is 5.75. The molecule has 0 aromatic rings. The highest BCUT2D eigenvalue weighted by Gasteiger charge is 2.44. The highest BCUT2D eigenvalue weighted by Crippen LogP contribution is 2.33. The van der Waals surface area contributed by atoms with Crippen molar-refractivity contribution in [3.05, 3.63) is 0 Å². The molecule has 0 aliphatic carbocycles. The molecule has 1 heterocycles. The molecular formula is C21H35NO5. The number of rotatable bonds is 11. The Bertz CT molecular complexity index is 501. The van der Waals surface area contributed by atoms with Gasteiger partial charge in [0.25, 0.3) is 0 Å². The maximum Gasteiger partial charge on any atom is 0.303 e. The number of ether oxygens (including phenoxy) is 3. The summed E-state index contributed by atoms with van der Waals surface area (Å²) < 4.78 is 16.9. The van der Waals surface area contributed by atoms with Gasteiger partial charge in [-0.1, -0.05) is 52.4 Å². The topological polar surface area (TPSA) is 73.9 Å². The molecule has 0 saturated carbocycles. The predicted molar refractivity (Wildman–Crippen MR) is 104 cm³/mol. The van der Waals surface area contributed by atoms with Gasteiger partial charge in [-0.3, -0.25) is 9.59 Å². The van der Waals surface area contributed by atoms with E-state index in [1.54, 1.807) is 0 Å². The second kappa shape index (κ2) is 12.7. The van der Waals surface area contributed by atoms with Crippen molar-refractivity contribution < 1.29 is 23.8 Å². The molecule has 0 bridgehead atoms. The molecule has 1 fully saturated rings. The number of carbonyl (C=O) groups is 2. The van der Waals surface area contributed by atoms with Crippen LogP contribution < -0.4 is 5.32 Å². The van der Waals surface area contributed by atoms with E-state index < -0.39 is 12.4 Å². The number of hydrogen-bond donors (Lipinski definition) is 1. The van der Waals surface area contributed by atoms with Crippen LogP contribution in [-0.4, -0.2) is 43.5 Å². The van der Waals surface area contributed by atoms with Crippen LogP contribution in [0.5, 0.6) is 0 Å². The van der Waals surface area contributed by atoms with Crippen LogP contribution in [-0.2, 0) is 23.8 Å². The van der Waals surface area contributed by atoms with Crippen molar-refractivity contribution in [1.82, 2.24) is 5.32 Å². The Kier molecular flexibility index (Phi) is 11.1. The van der Waals surface area contributed by atoms with Crippen molar-refractivity contribution in [2.45, 2.75) is 84.7 Å². The van der Waals surface area contributed by atoms with Crippen LogP contribution in [0.4, 0.5) is 0 Å². The molecule has 0 aromatic heterocycles. The molecule has 1 saturated heterocycles. The molecule has 5 unspecified atom stereocenters. The van der Waals surface area contributed by atoms with E-state index in [9.17, 15) is 9.59 Å². The second-order valence-electron chi connectivity index (χ2n) is 7.32. The zero-order valence-electron chi connectivity index (χ0n) is 17.2. The first-order valence-corrected chi connectivity index (χ1v) is 10.0. The molecule has 154 valence electrons. The summed E-state index contributed by atoms with van der Waals surface area (Å²) in [7, 11) is 0. The predicted octanol–water partition coefficient (Wildman–Crippen LogP) is 3.04. The first-order chi connectivity index (χ1) is 12.9. The molecule has 0 aromatic carbocycles. The summed E-state index contributed by atoms with van der Waals surface area (Å²) in [6.45, 7) is 8.03. The Morgan fingerprint density at radius 3 is 2.48 bits per heavy atom. The van der Waals surface area contributed by atoms with E-state index in [0.29, 0.717) is 13.0 Å². The van der Waals surface area contributed by atoms with Gasteiger partial charge in [-0.15, -0.1) is 6.42 Å². The highest BCUT2D eigenvalue weighted by atomic mass is 16.7. The number of esters is 1. The van der Waals surface area contributed by atoms with Gasteiger partial charge < -0.3 is 19.5 Å². The number of amides is 1. The van der Waals surface area contributed by atoms with Crippen LogP contribution >= 0.6 is 0 Å². The average Bonchev–Trinajstić information content (AvgIpc) is 2.63. The summed E-state index contributed by atoms with van der Waals surface area (Å²) in [6, 6.07) is 0. The molecule has 1 amide bonds. The lowest BCUT2D eigenvalue weighted by Gasteiger charge is -2.43. The number of terminal acetylenes is 1. The number of hydrogen-bond acceptors (Lipinski definition) is 5. The van der Waals surface area contributed by atoms with Crippen molar-refractivity contribution in [3.8, 4) is 12.3 Å². The van der Waals surface area contributed by atoms with E-state index in [-0.39, 0.29) is 36.4 Å². The first kappa shape index (κ1) is 23.5. The van der Waals surface area contributed by atoms with E-state index in [2.05, 4.69) is 18.2 Å². The average molecular weight is 382 g/mol. The molecular weight excluding hydrogens is 346 g/mol. The van der Waals surface area contributed by atoms with E-state index in [0.717, 1.165) is 12.8 Å². The van der Waals surface area contributed by atoms with Gasteiger partial charge in [-0.2, -0.15) is 0 Å². The zero-order valence-corrected chi connectivity index (χ0v) is 17.2. The fourth-order valence-corrected chi connectivity index (χ4v) is 3.30. The molecule has 1 rings (SSSR count).